The summed E-state index contributed by atoms with van der Waals surface area (Å²) in [6.45, 7) is 2.01. The fraction of sp³-hybridized carbons (Fsp3) is 0.0909. The van der Waals surface area contributed by atoms with Crippen LogP contribution in [0.15, 0.2) is 36.7 Å². The summed E-state index contributed by atoms with van der Waals surface area (Å²) < 4.78 is 4.61. The molecule has 0 aromatic carbocycles. The van der Waals surface area contributed by atoms with Crippen molar-refractivity contribution in [1.29, 1.82) is 0 Å². The summed E-state index contributed by atoms with van der Waals surface area (Å²) in [4.78, 5) is 8.42. The lowest BCUT2D eigenvalue weighted by atomic mass is 10.2. The molecule has 2 rings (SSSR count). The number of pyridine rings is 2. The Kier molecular flexibility index (Phi) is 2.83. The third-order valence-electron chi connectivity index (χ3n) is 2.00. The molecule has 76 valence electrons. The third-order valence-corrected chi connectivity index (χ3v) is 2.18. The molecular weight excluding hydrogens is 212 g/mol. The molecule has 2 heterocycles. The normalized spacial score (nSPS) is 10.0. The van der Waals surface area contributed by atoms with Gasteiger partial charge >= 0.3 is 0 Å². The number of rotatable bonds is 2. The Morgan fingerprint density at radius 1 is 1.07 bits per heavy atom. The lowest BCUT2D eigenvalue weighted by Gasteiger charge is -2.02. The lowest BCUT2D eigenvalue weighted by Crippen LogP contribution is -1.88. The van der Waals surface area contributed by atoms with Gasteiger partial charge in [0.05, 0.1) is 11.4 Å². The van der Waals surface area contributed by atoms with Gasteiger partial charge in [-0.25, -0.2) is 0 Å². The predicted octanol–water partition coefficient (Wildman–Crippen LogP) is 2.98. The fourth-order valence-corrected chi connectivity index (χ4v) is 1.37. The van der Waals surface area contributed by atoms with E-state index < -0.39 is 0 Å². The van der Waals surface area contributed by atoms with Gasteiger partial charge in [-0.15, -0.1) is 0 Å². The first-order chi connectivity index (χ1) is 7.29. The van der Waals surface area contributed by atoms with Crippen LogP contribution in [-0.4, -0.2) is 9.97 Å². The van der Waals surface area contributed by atoms with E-state index in [0.29, 0.717) is 5.75 Å². The van der Waals surface area contributed by atoms with Gasteiger partial charge in [-0.2, -0.15) is 0 Å². The Hall–Kier alpha value is -1.61. The molecular formula is C11H9ClN2O. The Morgan fingerprint density at radius 3 is 2.40 bits per heavy atom. The monoisotopic (exact) mass is 220 g/mol. The van der Waals surface area contributed by atoms with Crippen LogP contribution in [0, 0.1) is 6.92 Å². The van der Waals surface area contributed by atoms with Crippen molar-refractivity contribution in [1.82, 2.24) is 9.97 Å². The van der Waals surface area contributed by atoms with E-state index in [2.05, 4.69) is 14.3 Å². The maximum Gasteiger partial charge on any atom is 0.150 e. The molecule has 2 aromatic heterocycles. The second-order valence-corrected chi connectivity index (χ2v) is 3.33. The van der Waals surface area contributed by atoms with Gasteiger partial charge in [-0.1, -0.05) is 0 Å². The van der Waals surface area contributed by atoms with Gasteiger partial charge < -0.3 is 4.29 Å². The molecule has 3 nitrogen and oxygen atoms in total. The summed E-state index contributed by atoms with van der Waals surface area (Å²) in [7, 11) is 0. The van der Waals surface area contributed by atoms with Gasteiger partial charge in [0, 0.05) is 24.5 Å². The van der Waals surface area contributed by atoms with Crippen LogP contribution in [0.25, 0.3) is 11.4 Å². The van der Waals surface area contributed by atoms with Crippen molar-refractivity contribution < 1.29 is 4.29 Å². The number of nitrogens with zero attached hydrogens (tertiary/aromatic N) is 2. The van der Waals surface area contributed by atoms with E-state index in [1.807, 2.05) is 19.1 Å². The zero-order valence-electron chi connectivity index (χ0n) is 8.14. The van der Waals surface area contributed by atoms with Gasteiger partial charge in [0.15, 0.2) is 0 Å². The minimum absolute atomic E-state index is 0.560. The van der Waals surface area contributed by atoms with Crippen molar-refractivity contribution in [2.75, 3.05) is 0 Å². The zero-order chi connectivity index (χ0) is 10.7. The van der Waals surface area contributed by atoms with E-state index in [1.165, 1.54) is 0 Å². The van der Waals surface area contributed by atoms with Crippen molar-refractivity contribution in [3.8, 4) is 17.1 Å². The molecule has 0 saturated carbocycles. The highest BCUT2D eigenvalue weighted by atomic mass is 35.5. The average molecular weight is 221 g/mol. The maximum absolute atomic E-state index is 5.27. The van der Waals surface area contributed by atoms with Crippen LogP contribution in [0.1, 0.15) is 5.56 Å². The SMILES string of the molecule is Cc1ccnc(-c2cc(OCl)ccn2)c1. The van der Waals surface area contributed by atoms with E-state index >= 15 is 0 Å². The fourth-order valence-electron chi connectivity index (χ4n) is 1.28. The molecule has 0 amide bonds. The molecule has 0 atom stereocenters. The molecule has 0 aliphatic carbocycles. The molecule has 0 unspecified atom stereocenters. The van der Waals surface area contributed by atoms with Gasteiger partial charge in [-0.05, 0) is 24.6 Å². The highest BCUT2D eigenvalue weighted by molar-refractivity contribution is 6.09. The standard InChI is InChI=1S/C11H9ClN2O/c1-8-2-4-13-10(6-8)11-7-9(15-12)3-5-14-11/h2-7H,1H3. The summed E-state index contributed by atoms with van der Waals surface area (Å²) >= 11 is 5.27. The van der Waals surface area contributed by atoms with E-state index in [1.54, 1.807) is 24.5 Å². The summed E-state index contributed by atoms with van der Waals surface area (Å²) in [6, 6.07) is 7.33. The predicted molar refractivity (Wildman–Crippen MR) is 58.7 cm³/mol. The van der Waals surface area contributed by atoms with Crippen LogP contribution >= 0.6 is 11.9 Å². The number of hydrogen-bond donors (Lipinski definition) is 0. The molecule has 0 aliphatic rings. The second kappa shape index (κ2) is 4.28. The van der Waals surface area contributed by atoms with Crippen molar-refractivity contribution >= 4 is 11.9 Å². The Morgan fingerprint density at radius 2 is 1.73 bits per heavy atom. The first kappa shape index (κ1) is 9.93. The van der Waals surface area contributed by atoms with E-state index in [9.17, 15) is 0 Å². The van der Waals surface area contributed by atoms with Gasteiger partial charge in [-0.3, -0.25) is 9.97 Å². The van der Waals surface area contributed by atoms with Crippen LogP contribution in [0.5, 0.6) is 5.75 Å². The molecule has 15 heavy (non-hydrogen) atoms. The second-order valence-electron chi connectivity index (χ2n) is 3.17. The summed E-state index contributed by atoms with van der Waals surface area (Å²) in [6.07, 6.45) is 3.39. The number of halogens is 1. The summed E-state index contributed by atoms with van der Waals surface area (Å²) in [5.41, 5.74) is 2.70. The summed E-state index contributed by atoms with van der Waals surface area (Å²) in [5, 5.41) is 0. The highest BCUT2D eigenvalue weighted by Gasteiger charge is 2.02. The summed E-state index contributed by atoms with van der Waals surface area (Å²) in [5.74, 6) is 0.560. The maximum atomic E-state index is 5.27. The average Bonchev–Trinajstić information content (AvgIpc) is 2.29. The molecule has 0 saturated heterocycles. The Balaban J connectivity index is 2.44. The van der Waals surface area contributed by atoms with E-state index in [0.717, 1.165) is 17.0 Å². The quantitative estimate of drug-likeness (QED) is 0.781. The topological polar surface area (TPSA) is 35.0 Å². The minimum atomic E-state index is 0.560. The zero-order valence-corrected chi connectivity index (χ0v) is 8.90. The number of aryl methyl sites for hydroxylation is 1. The van der Waals surface area contributed by atoms with Crippen molar-refractivity contribution in [3.63, 3.8) is 0 Å². The number of hydrogen-bond acceptors (Lipinski definition) is 3. The first-order valence-corrected chi connectivity index (χ1v) is 4.78. The lowest BCUT2D eigenvalue weighted by molar-refractivity contribution is 0.618. The smallest absolute Gasteiger partial charge is 0.150 e. The number of aromatic nitrogens is 2. The third kappa shape index (κ3) is 2.25. The van der Waals surface area contributed by atoms with Crippen molar-refractivity contribution in [3.05, 3.63) is 42.2 Å². The minimum Gasteiger partial charge on any atom is -0.385 e. The molecule has 4 heteroatoms. The van der Waals surface area contributed by atoms with E-state index in [-0.39, 0.29) is 0 Å². The van der Waals surface area contributed by atoms with Gasteiger partial charge in [0.1, 0.15) is 17.6 Å². The van der Waals surface area contributed by atoms with Gasteiger partial charge in [0.25, 0.3) is 0 Å². The van der Waals surface area contributed by atoms with Crippen LogP contribution in [-0.2, 0) is 0 Å². The van der Waals surface area contributed by atoms with Crippen LogP contribution in [0.2, 0.25) is 0 Å². The largest absolute Gasteiger partial charge is 0.385 e. The molecule has 0 aliphatic heterocycles. The van der Waals surface area contributed by atoms with E-state index in [4.69, 9.17) is 11.9 Å². The first-order valence-electron chi connectivity index (χ1n) is 4.47. The molecule has 2 aromatic rings. The molecule has 0 bridgehead atoms. The van der Waals surface area contributed by atoms with Gasteiger partial charge in [0.2, 0.25) is 0 Å². The molecule has 0 spiro atoms. The Bertz CT molecular complexity index is 474. The van der Waals surface area contributed by atoms with Crippen molar-refractivity contribution in [2.45, 2.75) is 6.92 Å². The Labute approximate surface area is 92.9 Å². The molecule has 0 fully saturated rings. The molecule has 0 radical (unpaired) electrons. The van der Waals surface area contributed by atoms with Crippen LogP contribution in [0.3, 0.4) is 0 Å². The van der Waals surface area contributed by atoms with Crippen molar-refractivity contribution in [2.24, 2.45) is 0 Å². The van der Waals surface area contributed by atoms with Crippen LogP contribution < -0.4 is 4.29 Å². The highest BCUT2D eigenvalue weighted by Crippen LogP contribution is 2.20. The van der Waals surface area contributed by atoms with Crippen LogP contribution in [0.4, 0.5) is 0 Å². The molecule has 0 N–H and O–H groups in total.